The van der Waals surface area contributed by atoms with Crippen LogP contribution in [0.3, 0.4) is 0 Å². The number of nitro groups is 1. The Kier molecular flexibility index (Phi) is 3.62. The number of rotatable bonds is 4. The predicted octanol–water partition coefficient (Wildman–Crippen LogP) is 2.90. The van der Waals surface area contributed by atoms with Crippen LogP contribution in [0.2, 0.25) is 0 Å². The van der Waals surface area contributed by atoms with Gasteiger partial charge in [-0.15, -0.1) is 0 Å². The van der Waals surface area contributed by atoms with Crippen LogP contribution >= 0.6 is 0 Å². The summed E-state index contributed by atoms with van der Waals surface area (Å²) in [4.78, 5) is 14.9. The summed E-state index contributed by atoms with van der Waals surface area (Å²) in [5.41, 5.74) is 9.59. The van der Waals surface area contributed by atoms with Crippen LogP contribution in [-0.4, -0.2) is 22.9 Å². The van der Waals surface area contributed by atoms with E-state index in [1.165, 1.54) is 6.07 Å². The number of anilines is 2. The molecule has 2 aliphatic rings. The third-order valence-electron chi connectivity index (χ3n) is 4.29. The summed E-state index contributed by atoms with van der Waals surface area (Å²) in [6.45, 7) is 1.08. The average Bonchev–Trinajstić information content (AvgIpc) is 3.01. The first-order valence-electron chi connectivity index (χ1n) is 7.98. The molecule has 7 heteroatoms. The highest BCUT2D eigenvalue weighted by Gasteiger charge is 2.32. The van der Waals surface area contributed by atoms with Crippen LogP contribution in [0, 0.1) is 10.1 Å². The summed E-state index contributed by atoms with van der Waals surface area (Å²) < 4.78 is 0. The molecule has 0 aromatic heterocycles. The molecule has 0 bridgehead atoms. The van der Waals surface area contributed by atoms with Gasteiger partial charge in [0.1, 0.15) is 5.82 Å². The minimum atomic E-state index is -0.379. The number of hydrogen-bond donors (Lipinski definition) is 2. The Morgan fingerprint density at radius 3 is 2.80 bits per heavy atom. The van der Waals surface area contributed by atoms with Crippen LogP contribution in [-0.2, 0) is 0 Å². The number of para-hydroxylation sites is 2. The van der Waals surface area contributed by atoms with Crippen LogP contribution in [0.25, 0.3) is 5.70 Å². The molecule has 0 aliphatic carbocycles. The van der Waals surface area contributed by atoms with Gasteiger partial charge in [-0.1, -0.05) is 24.3 Å². The summed E-state index contributed by atoms with van der Waals surface area (Å²) in [5.74, 6) is 0.950. The molecule has 7 nitrogen and oxygen atoms in total. The summed E-state index contributed by atoms with van der Waals surface area (Å²) in [5, 5.41) is 14.4. The Bertz CT molecular complexity index is 906. The van der Waals surface area contributed by atoms with E-state index in [1.54, 1.807) is 12.1 Å². The van der Waals surface area contributed by atoms with Gasteiger partial charge < -0.3 is 16.0 Å². The first kappa shape index (κ1) is 15.2. The molecule has 0 amide bonds. The van der Waals surface area contributed by atoms with Gasteiger partial charge in [-0.2, -0.15) is 0 Å². The summed E-state index contributed by atoms with van der Waals surface area (Å²) in [6, 6.07) is 14.7. The van der Waals surface area contributed by atoms with Crippen molar-refractivity contribution in [2.24, 2.45) is 5.73 Å². The lowest BCUT2D eigenvalue weighted by atomic mass is 10.1. The zero-order chi connectivity index (χ0) is 17.4. The number of hydrogen-bond acceptors (Lipinski definition) is 6. The van der Waals surface area contributed by atoms with Gasteiger partial charge >= 0.3 is 0 Å². The molecule has 2 aromatic rings. The van der Waals surface area contributed by atoms with Crippen molar-refractivity contribution in [3.05, 3.63) is 82.4 Å². The number of nitrogens with two attached hydrogens (primary N) is 1. The van der Waals surface area contributed by atoms with Crippen LogP contribution in [0.4, 0.5) is 17.1 Å². The molecule has 25 heavy (non-hydrogen) atoms. The second-order valence-corrected chi connectivity index (χ2v) is 5.80. The monoisotopic (exact) mass is 335 g/mol. The zero-order valence-corrected chi connectivity index (χ0v) is 13.4. The van der Waals surface area contributed by atoms with Gasteiger partial charge in [0.2, 0.25) is 0 Å². The van der Waals surface area contributed by atoms with Crippen molar-refractivity contribution < 1.29 is 4.92 Å². The van der Waals surface area contributed by atoms with Crippen LogP contribution in [0.5, 0.6) is 0 Å². The Hall–Kier alpha value is -3.32. The number of nitro benzene ring substituents is 1. The van der Waals surface area contributed by atoms with Gasteiger partial charge in [-0.05, 0) is 12.1 Å². The van der Waals surface area contributed by atoms with Gasteiger partial charge in [-0.3, -0.25) is 15.0 Å². The van der Waals surface area contributed by atoms with Gasteiger partial charge in [0.05, 0.1) is 22.0 Å². The van der Waals surface area contributed by atoms with E-state index < -0.39 is 0 Å². The second kappa shape index (κ2) is 5.95. The molecule has 4 rings (SSSR count). The fraction of sp³-hybridized carbons (Fsp3) is 0.111. The van der Waals surface area contributed by atoms with Crippen LogP contribution < -0.4 is 16.0 Å². The standard InChI is InChI=1S/C18H17N5O2/c19-8-9-21-17(13-4-3-5-14(10-13)23(24)25)12-22-16-7-2-1-6-15(16)20-11-18(21)22/h1-7,10-12,20H,8-9,19H2. The Balaban J connectivity index is 1.81. The minimum absolute atomic E-state index is 0.0727. The quantitative estimate of drug-likeness (QED) is 0.660. The van der Waals surface area contributed by atoms with Crippen molar-refractivity contribution in [1.82, 2.24) is 4.90 Å². The molecule has 126 valence electrons. The molecule has 2 heterocycles. The van der Waals surface area contributed by atoms with Gasteiger partial charge in [0, 0.05) is 43.2 Å². The molecule has 2 aliphatic heterocycles. The summed E-state index contributed by atoms with van der Waals surface area (Å²) in [6.07, 6.45) is 3.93. The van der Waals surface area contributed by atoms with Crippen molar-refractivity contribution in [3.8, 4) is 0 Å². The Morgan fingerprint density at radius 2 is 2.00 bits per heavy atom. The molecular weight excluding hydrogens is 318 g/mol. The van der Waals surface area contributed by atoms with E-state index in [-0.39, 0.29) is 10.6 Å². The third-order valence-corrected chi connectivity index (χ3v) is 4.29. The van der Waals surface area contributed by atoms with Gasteiger partial charge in [0.15, 0.2) is 0 Å². The molecule has 0 fully saturated rings. The van der Waals surface area contributed by atoms with Crippen LogP contribution in [0.1, 0.15) is 5.56 Å². The van der Waals surface area contributed by atoms with E-state index in [0.29, 0.717) is 13.1 Å². The smallest absolute Gasteiger partial charge is 0.270 e. The molecule has 0 saturated heterocycles. The van der Waals surface area contributed by atoms with Crippen molar-refractivity contribution in [2.45, 2.75) is 0 Å². The molecule has 0 radical (unpaired) electrons. The van der Waals surface area contributed by atoms with E-state index in [2.05, 4.69) is 15.1 Å². The number of nitrogens with zero attached hydrogens (tertiary/aromatic N) is 3. The first-order chi connectivity index (χ1) is 12.2. The van der Waals surface area contributed by atoms with Crippen LogP contribution in [0.15, 0.2) is 66.8 Å². The summed E-state index contributed by atoms with van der Waals surface area (Å²) >= 11 is 0. The second-order valence-electron chi connectivity index (χ2n) is 5.80. The maximum Gasteiger partial charge on any atom is 0.270 e. The van der Waals surface area contributed by atoms with E-state index in [1.807, 2.05) is 42.7 Å². The average molecular weight is 335 g/mol. The Labute approximate surface area is 144 Å². The Morgan fingerprint density at radius 1 is 1.16 bits per heavy atom. The topological polar surface area (TPSA) is 87.7 Å². The minimum Gasteiger partial charge on any atom is -0.357 e. The predicted molar refractivity (Wildman–Crippen MR) is 97.5 cm³/mol. The van der Waals surface area contributed by atoms with E-state index in [9.17, 15) is 10.1 Å². The molecule has 3 N–H and O–H groups in total. The maximum absolute atomic E-state index is 11.1. The van der Waals surface area contributed by atoms with E-state index >= 15 is 0 Å². The molecule has 0 spiro atoms. The lowest BCUT2D eigenvalue weighted by molar-refractivity contribution is -0.384. The number of non-ortho nitro benzene ring substituents is 1. The lowest BCUT2D eigenvalue weighted by Crippen LogP contribution is -2.31. The maximum atomic E-state index is 11.1. The van der Waals surface area contributed by atoms with Crippen molar-refractivity contribution >= 4 is 22.8 Å². The highest BCUT2D eigenvalue weighted by Crippen LogP contribution is 2.41. The molecule has 0 atom stereocenters. The molecule has 0 saturated carbocycles. The zero-order valence-electron chi connectivity index (χ0n) is 13.4. The lowest BCUT2D eigenvalue weighted by Gasteiger charge is -2.31. The van der Waals surface area contributed by atoms with Crippen molar-refractivity contribution in [2.75, 3.05) is 23.3 Å². The van der Waals surface area contributed by atoms with E-state index in [4.69, 9.17) is 5.73 Å². The normalized spacial score (nSPS) is 15.1. The fourth-order valence-corrected chi connectivity index (χ4v) is 3.17. The largest absolute Gasteiger partial charge is 0.357 e. The third kappa shape index (κ3) is 2.50. The van der Waals surface area contributed by atoms with Gasteiger partial charge in [-0.25, -0.2) is 0 Å². The first-order valence-corrected chi connectivity index (χ1v) is 7.98. The van der Waals surface area contributed by atoms with E-state index in [0.717, 1.165) is 28.5 Å². The number of fused-ring (bicyclic) bond motifs is 3. The molecular formula is C18H17N5O2. The van der Waals surface area contributed by atoms with Gasteiger partial charge in [0.25, 0.3) is 5.69 Å². The SMILES string of the molecule is NCCN1C(c2cccc([N+](=O)[O-])c2)=CN2C1=CNc1ccccc12. The fourth-order valence-electron chi connectivity index (χ4n) is 3.17. The number of nitrogens with one attached hydrogen (secondary N) is 1. The summed E-state index contributed by atoms with van der Waals surface area (Å²) in [7, 11) is 0. The molecule has 2 aromatic carbocycles. The van der Waals surface area contributed by atoms with Crippen molar-refractivity contribution in [1.29, 1.82) is 0 Å². The van der Waals surface area contributed by atoms with Crippen molar-refractivity contribution in [3.63, 3.8) is 0 Å². The highest BCUT2D eigenvalue weighted by atomic mass is 16.6. The highest BCUT2D eigenvalue weighted by molar-refractivity contribution is 5.84. The number of benzene rings is 2. The molecule has 0 unspecified atom stereocenters.